The van der Waals surface area contributed by atoms with Gasteiger partial charge in [0.2, 0.25) is 5.91 Å². The summed E-state index contributed by atoms with van der Waals surface area (Å²) in [7, 11) is 0. The molecule has 138 valence electrons. The second-order valence-electron chi connectivity index (χ2n) is 7.00. The molecule has 1 heterocycles. The van der Waals surface area contributed by atoms with E-state index in [2.05, 4.69) is 17.9 Å². The average Bonchev–Trinajstić information content (AvgIpc) is 2.91. The molecule has 3 rings (SSSR count). The van der Waals surface area contributed by atoms with Gasteiger partial charge in [-0.15, -0.1) is 0 Å². The zero-order valence-corrected chi connectivity index (χ0v) is 16.0. The normalized spacial score (nSPS) is 16.3. The number of amides is 1. The van der Waals surface area contributed by atoms with Crippen LogP contribution in [-0.4, -0.2) is 16.6 Å². The highest BCUT2D eigenvalue weighted by Crippen LogP contribution is 2.24. The summed E-state index contributed by atoms with van der Waals surface area (Å²) in [5, 5.41) is 0. The number of Topliss-reactive ketones (excluding diaryl/α,β-unsaturated/α-hetero) is 1. The Kier molecular flexibility index (Phi) is 6.08. The molecule has 0 fully saturated rings. The van der Waals surface area contributed by atoms with E-state index >= 15 is 0 Å². The highest BCUT2D eigenvalue weighted by Gasteiger charge is 2.23. The number of ketones is 1. The third-order valence-electron chi connectivity index (χ3n) is 5.13. The minimum atomic E-state index is -0.0300. The van der Waals surface area contributed by atoms with Gasteiger partial charge in [-0.3, -0.25) is 9.59 Å². The highest BCUT2D eigenvalue weighted by atomic mass is 16.2. The summed E-state index contributed by atoms with van der Waals surface area (Å²) in [6.07, 6.45) is 10.2. The van der Waals surface area contributed by atoms with Crippen LogP contribution in [0.3, 0.4) is 0 Å². The Morgan fingerprint density at radius 1 is 1.11 bits per heavy atom. The molecule has 0 spiro atoms. The summed E-state index contributed by atoms with van der Waals surface area (Å²) in [5.74, 6) is 6.60. The number of hydrogen-bond donors (Lipinski definition) is 0. The molecule has 1 amide bonds. The van der Waals surface area contributed by atoms with Crippen molar-refractivity contribution in [3.05, 3.63) is 71.0 Å². The molecule has 3 heteroatoms. The van der Waals surface area contributed by atoms with Gasteiger partial charge in [-0.25, -0.2) is 0 Å². The number of carbonyl (C=O) groups is 2. The van der Waals surface area contributed by atoms with Crippen molar-refractivity contribution in [2.75, 3.05) is 0 Å². The molecule has 3 nitrogen and oxygen atoms in total. The predicted molar refractivity (Wildman–Crippen MR) is 107 cm³/mol. The van der Waals surface area contributed by atoms with Crippen LogP contribution in [0.15, 0.2) is 59.8 Å². The van der Waals surface area contributed by atoms with Crippen LogP contribution in [0, 0.1) is 17.8 Å². The van der Waals surface area contributed by atoms with Crippen LogP contribution in [0.4, 0.5) is 0 Å². The second kappa shape index (κ2) is 8.68. The second-order valence-corrected chi connectivity index (χ2v) is 7.00. The molecule has 0 aromatic heterocycles. The molecule has 1 aromatic carbocycles. The molecule has 1 unspecified atom stereocenters. The zero-order chi connectivity index (χ0) is 19.2. The Morgan fingerprint density at radius 3 is 2.70 bits per heavy atom. The number of carbonyl (C=O) groups excluding carboxylic acids is 2. The lowest BCUT2D eigenvalue weighted by atomic mass is 9.99. The maximum atomic E-state index is 13.1. The molecule has 0 radical (unpaired) electrons. The fourth-order valence-electron chi connectivity index (χ4n) is 3.19. The predicted octanol–water partition coefficient (Wildman–Crippen LogP) is 4.55. The maximum absolute atomic E-state index is 13.1. The molecule has 0 saturated heterocycles. The van der Waals surface area contributed by atoms with Crippen LogP contribution in [0.25, 0.3) is 0 Å². The summed E-state index contributed by atoms with van der Waals surface area (Å²) >= 11 is 0. The van der Waals surface area contributed by atoms with Crippen molar-refractivity contribution in [3.8, 4) is 11.8 Å². The van der Waals surface area contributed by atoms with E-state index in [1.165, 1.54) is 0 Å². The molecular weight excluding hydrogens is 334 g/mol. The zero-order valence-electron chi connectivity index (χ0n) is 16.0. The summed E-state index contributed by atoms with van der Waals surface area (Å²) in [4.78, 5) is 27.1. The number of hydrogen-bond acceptors (Lipinski definition) is 2. The van der Waals surface area contributed by atoms with Gasteiger partial charge in [0.1, 0.15) is 5.78 Å². The summed E-state index contributed by atoms with van der Waals surface area (Å²) in [6.45, 7) is 4.39. The van der Waals surface area contributed by atoms with Crippen LogP contribution in [0.1, 0.15) is 50.7 Å². The van der Waals surface area contributed by atoms with Gasteiger partial charge in [-0.2, -0.15) is 0 Å². The van der Waals surface area contributed by atoms with Crippen molar-refractivity contribution in [1.82, 2.24) is 4.90 Å². The van der Waals surface area contributed by atoms with E-state index in [0.717, 1.165) is 35.2 Å². The number of nitrogens with zero attached hydrogens (tertiary/aromatic N) is 1. The van der Waals surface area contributed by atoms with Gasteiger partial charge in [0, 0.05) is 29.9 Å². The van der Waals surface area contributed by atoms with E-state index in [1.807, 2.05) is 56.3 Å². The monoisotopic (exact) mass is 359 g/mol. The van der Waals surface area contributed by atoms with Gasteiger partial charge in [-0.05, 0) is 36.6 Å². The summed E-state index contributed by atoms with van der Waals surface area (Å²) < 4.78 is 0. The third-order valence-corrected chi connectivity index (χ3v) is 5.13. The smallest absolute Gasteiger partial charge is 0.227 e. The summed E-state index contributed by atoms with van der Waals surface area (Å²) in [5.41, 5.74) is 3.64. The molecule has 1 aliphatic carbocycles. The van der Waals surface area contributed by atoms with Crippen molar-refractivity contribution in [2.45, 2.75) is 46.1 Å². The van der Waals surface area contributed by atoms with Crippen molar-refractivity contribution in [3.63, 3.8) is 0 Å². The number of rotatable bonds is 5. The van der Waals surface area contributed by atoms with Gasteiger partial charge in [0.25, 0.3) is 0 Å². The molecule has 0 bridgehead atoms. The molecular formula is C24H25NO2. The number of fused-ring (bicyclic) bond motifs is 1. The van der Waals surface area contributed by atoms with Gasteiger partial charge in [0.15, 0.2) is 0 Å². The SMILES string of the molecule is CCC(C)C(=O)CCC(=O)N1Cc2ccccc2C#CC2=C1C=CCC=C2. The van der Waals surface area contributed by atoms with E-state index in [1.54, 1.807) is 4.90 Å². The van der Waals surface area contributed by atoms with Crippen LogP contribution >= 0.6 is 0 Å². The quantitative estimate of drug-likeness (QED) is 0.724. The van der Waals surface area contributed by atoms with Crippen molar-refractivity contribution in [2.24, 2.45) is 5.92 Å². The van der Waals surface area contributed by atoms with E-state index in [0.29, 0.717) is 13.0 Å². The Morgan fingerprint density at radius 2 is 1.89 bits per heavy atom. The fraction of sp³-hybridized carbons (Fsp3) is 0.333. The first-order chi connectivity index (χ1) is 13.1. The minimum absolute atomic E-state index is 0.00668. The van der Waals surface area contributed by atoms with Crippen LogP contribution in [0.5, 0.6) is 0 Å². The molecule has 1 atom stereocenters. The Balaban J connectivity index is 1.92. The number of allylic oxidation sites excluding steroid dienone is 5. The third kappa shape index (κ3) is 4.46. The molecule has 27 heavy (non-hydrogen) atoms. The van der Waals surface area contributed by atoms with Crippen molar-refractivity contribution in [1.29, 1.82) is 0 Å². The molecule has 0 N–H and O–H groups in total. The average molecular weight is 359 g/mol. The lowest BCUT2D eigenvalue weighted by molar-refractivity contribution is -0.132. The minimum Gasteiger partial charge on any atom is -0.307 e. The molecule has 0 saturated carbocycles. The molecule has 2 aliphatic rings. The first kappa shape index (κ1) is 18.9. The van der Waals surface area contributed by atoms with E-state index in [-0.39, 0.29) is 24.0 Å². The Hall–Kier alpha value is -2.86. The van der Waals surface area contributed by atoms with Crippen molar-refractivity contribution < 1.29 is 9.59 Å². The van der Waals surface area contributed by atoms with Gasteiger partial charge in [-0.1, -0.05) is 56.0 Å². The topological polar surface area (TPSA) is 37.4 Å². The van der Waals surface area contributed by atoms with E-state index < -0.39 is 0 Å². The van der Waals surface area contributed by atoms with Gasteiger partial charge in [0.05, 0.1) is 12.2 Å². The maximum Gasteiger partial charge on any atom is 0.227 e. The fourth-order valence-corrected chi connectivity index (χ4v) is 3.19. The van der Waals surface area contributed by atoms with E-state index in [9.17, 15) is 9.59 Å². The largest absolute Gasteiger partial charge is 0.307 e. The van der Waals surface area contributed by atoms with Crippen molar-refractivity contribution >= 4 is 11.7 Å². The van der Waals surface area contributed by atoms with Crippen LogP contribution < -0.4 is 0 Å². The number of benzene rings is 1. The molecule has 1 aliphatic heterocycles. The Labute approximate surface area is 161 Å². The summed E-state index contributed by atoms with van der Waals surface area (Å²) in [6, 6.07) is 7.93. The lowest BCUT2D eigenvalue weighted by Gasteiger charge is -2.26. The van der Waals surface area contributed by atoms with E-state index in [4.69, 9.17) is 0 Å². The molecule has 1 aromatic rings. The Bertz CT molecular complexity index is 892. The van der Waals surface area contributed by atoms with Gasteiger partial charge < -0.3 is 4.90 Å². The van der Waals surface area contributed by atoms with Gasteiger partial charge >= 0.3 is 0 Å². The lowest BCUT2D eigenvalue weighted by Crippen LogP contribution is -2.31. The van der Waals surface area contributed by atoms with Crippen LogP contribution in [-0.2, 0) is 16.1 Å². The van der Waals surface area contributed by atoms with Crippen LogP contribution in [0.2, 0.25) is 0 Å². The first-order valence-corrected chi connectivity index (χ1v) is 9.60. The standard InChI is InChI=1S/C24H25NO2/c1-3-18(2)23(26)15-16-24(27)25-17-21-11-8-7-9-19(21)13-14-20-10-5-4-6-12-22(20)25/h5-12,18H,3-4,15-17H2,1-2H3. The first-order valence-electron chi connectivity index (χ1n) is 9.60. The highest BCUT2D eigenvalue weighted by molar-refractivity contribution is 5.87.